The minimum atomic E-state index is 0.582. The first-order valence-electron chi connectivity index (χ1n) is 5.27. The van der Waals surface area contributed by atoms with Crippen LogP contribution in [0, 0.1) is 6.92 Å². The van der Waals surface area contributed by atoms with Gasteiger partial charge in [-0.25, -0.2) is 4.98 Å². The normalized spacial score (nSPS) is 10.5. The molecule has 0 aliphatic carbocycles. The molecule has 1 aromatic carbocycles. The van der Waals surface area contributed by atoms with Crippen molar-refractivity contribution in [3.8, 4) is 17.0 Å². The van der Waals surface area contributed by atoms with Gasteiger partial charge in [0, 0.05) is 10.9 Å². The van der Waals surface area contributed by atoms with Gasteiger partial charge in [-0.15, -0.1) is 11.3 Å². The largest absolute Gasteiger partial charge is 0.496 e. The molecule has 0 saturated heterocycles. The Morgan fingerprint density at radius 3 is 3.00 bits per heavy atom. The number of ether oxygens (including phenoxy) is 1. The third kappa shape index (κ3) is 2.63. The number of rotatable bonds is 4. The lowest BCUT2D eigenvalue weighted by atomic mass is 10.1. The Morgan fingerprint density at radius 2 is 2.29 bits per heavy atom. The summed E-state index contributed by atoms with van der Waals surface area (Å²) in [5.41, 5.74) is 5.74. The van der Waals surface area contributed by atoms with E-state index in [0.29, 0.717) is 6.54 Å². The van der Waals surface area contributed by atoms with Crippen molar-refractivity contribution in [2.75, 3.05) is 7.11 Å². The Morgan fingerprint density at radius 1 is 1.47 bits per heavy atom. The van der Waals surface area contributed by atoms with Crippen molar-refractivity contribution in [1.29, 1.82) is 0 Å². The number of aryl methyl sites for hydroxylation is 1. The van der Waals surface area contributed by atoms with Crippen LogP contribution in [0.2, 0.25) is 0 Å². The van der Waals surface area contributed by atoms with Crippen molar-refractivity contribution >= 4 is 11.3 Å². The SMILES string of the molecule is COc1ccc(C)cc1-c1csc(CNN)n1. The third-order valence-electron chi connectivity index (χ3n) is 2.44. The average Bonchev–Trinajstić information content (AvgIpc) is 2.78. The highest BCUT2D eigenvalue weighted by Gasteiger charge is 2.09. The zero-order chi connectivity index (χ0) is 12.3. The topological polar surface area (TPSA) is 60.2 Å². The summed E-state index contributed by atoms with van der Waals surface area (Å²) in [7, 11) is 1.67. The summed E-state index contributed by atoms with van der Waals surface area (Å²) in [6.07, 6.45) is 0. The molecule has 5 heteroatoms. The van der Waals surface area contributed by atoms with Crippen molar-refractivity contribution < 1.29 is 4.74 Å². The molecule has 1 heterocycles. The summed E-state index contributed by atoms with van der Waals surface area (Å²) in [6, 6.07) is 6.06. The number of benzene rings is 1. The average molecular weight is 249 g/mol. The molecular weight excluding hydrogens is 234 g/mol. The number of hydrogen-bond acceptors (Lipinski definition) is 5. The molecule has 0 bridgehead atoms. The van der Waals surface area contributed by atoms with Gasteiger partial charge in [0.2, 0.25) is 0 Å². The molecule has 1 aromatic heterocycles. The Kier molecular flexibility index (Phi) is 3.73. The first-order valence-corrected chi connectivity index (χ1v) is 6.15. The molecule has 17 heavy (non-hydrogen) atoms. The van der Waals surface area contributed by atoms with Crippen molar-refractivity contribution in [3.63, 3.8) is 0 Å². The van der Waals surface area contributed by atoms with E-state index in [1.54, 1.807) is 18.4 Å². The number of hydrazine groups is 1. The van der Waals surface area contributed by atoms with E-state index in [-0.39, 0.29) is 0 Å². The minimum Gasteiger partial charge on any atom is -0.496 e. The molecular formula is C12H15N3OS. The summed E-state index contributed by atoms with van der Waals surface area (Å²) in [4.78, 5) is 4.52. The first-order chi connectivity index (χ1) is 8.24. The van der Waals surface area contributed by atoms with E-state index < -0.39 is 0 Å². The van der Waals surface area contributed by atoms with Gasteiger partial charge in [-0.05, 0) is 19.1 Å². The number of methoxy groups -OCH3 is 1. The van der Waals surface area contributed by atoms with Crippen LogP contribution in [0.25, 0.3) is 11.3 Å². The van der Waals surface area contributed by atoms with Gasteiger partial charge in [0.1, 0.15) is 10.8 Å². The molecule has 0 amide bonds. The van der Waals surface area contributed by atoms with Gasteiger partial charge < -0.3 is 4.74 Å². The second-order valence-electron chi connectivity index (χ2n) is 3.71. The maximum atomic E-state index is 5.35. The van der Waals surface area contributed by atoms with Crippen LogP contribution in [0.4, 0.5) is 0 Å². The molecule has 90 valence electrons. The van der Waals surface area contributed by atoms with Crippen LogP contribution in [-0.2, 0) is 6.54 Å². The highest BCUT2D eigenvalue weighted by atomic mass is 32.1. The molecule has 3 N–H and O–H groups in total. The highest BCUT2D eigenvalue weighted by molar-refractivity contribution is 7.09. The lowest BCUT2D eigenvalue weighted by Crippen LogP contribution is -2.20. The highest BCUT2D eigenvalue weighted by Crippen LogP contribution is 2.31. The van der Waals surface area contributed by atoms with Gasteiger partial charge in [-0.3, -0.25) is 11.3 Å². The van der Waals surface area contributed by atoms with Crippen molar-refractivity contribution in [3.05, 3.63) is 34.2 Å². The van der Waals surface area contributed by atoms with Crippen LogP contribution in [0.1, 0.15) is 10.6 Å². The minimum absolute atomic E-state index is 0.582. The van der Waals surface area contributed by atoms with E-state index in [1.807, 2.05) is 17.5 Å². The first kappa shape index (κ1) is 12.0. The molecule has 0 fully saturated rings. The Labute approximate surface area is 104 Å². The van der Waals surface area contributed by atoms with Crippen molar-refractivity contribution in [2.24, 2.45) is 5.84 Å². The predicted octanol–water partition coefficient (Wildman–Crippen LogP) is 2.09. The zero-order valence-corrected chi connectivity index (χ0v) is 10.7. The lowest BCUT2D eigenvalue weighted by molar-refractivity contribution is 0.416. The number of hydrogen-bond donors (Lipinski definition) is 2. The summed E-state index contributed by atoms with van der Waals surface area (Å²) >= 11 is 1.58. The molecule has 2 rings (SSSR count). The molecule has 0 radical (unpaired) electrons. The van der Waals surface area contributed by atoms with E-state index in [2.05, 4.69) is 23.4 Å². The number of nitrogens with zero attached hydrogens (tertiary/aromatic N) is 1. The standard InChI is InChI=1S/C12H15N3OS/c1-8-3-4-11(16-2)9(5-8)10-7-17-12(15-10)6-14-13/h3-5,7,14H,6,13H2,1-2H3. The van der Waals surface area contributed by atoms with Gasteiger partial charge in [-0.2, -0.15) is 0 Å². The Balaban J connectivity index is 2.40. The molecule has 0 atom stereocenters. The van der Waals surface area contributed by atoms with E-state index >= 15 is 0 Å². The molecule has 4 nitrogen and oxygen atoms in total. The summed E-state index contributed by atoms with van der Waals surface area (Å²) in [5.74, 6) is 6.12. The van der Waals surface area contributed by atoms with Gasteiger partial charge in [-0.1, -0.05) is 11.6 Å². The zero-order valence-electron chi connectivity index (χ0n) is 9.86. The van der Waals surface area contributed by atoms with E-state index in [0.717, 1.165) is 22.0 Å². The molecule has 0 spiro atoms. The Bertz CT molecular complexity index is 510. The fraction of sp³-hybridized carbons (Fsp3) is 0.250. The fourth-order valence-electron chi connectivity index (χ4n) is 1.63. The van der Waals surface area contributed by atoms with Crippen LogP contribution in [0.5, 0.6) is 5.75 Å². The van der Waals surface area contributed by atoms with Crippen molar-refractivity contribution in [1.82, 2.24) is 10.4 Å². The van der Waals surface area contributed by atoms with E-state index in [9.17, 15) is 0 Å². The van der Waals surface area contributed by atoms with Crippen LogP contribution >= 0.6 is 11.3 Å². The monoisotopic (exact) mass is 249 g/mol. The van der Waals surface area contributed by atoms with Crippen LogP contribution in [0.3, 0.4) is 0 Å². The second kappa shape index (κ2) is 5.27. The molecule has 2 aromatic rings. The summed E-state index contributed by atoms with van der Waals surface area (Å²) in [6.45, 7) is 2.64. The lowest BCUT2D eigenvalue weighted by Gasteiger charge is -2.06. The van der Waals surface area contributed by atoms with E-state index in [1.165, 1.54) is 5.56 Å². The molecule has 0 aliphatic rings. The van der Waals surface area contributed by atoms with Crippen molar-refractivity contribution in [2.45, 2.75) is 13.5 Å². The number of aromatic nitrogens is 1. The van der Waals surface area contributed by atoms with Gasteiger partial charge in [0.05, 0.1) is 19.3 Å². The van der Waals surface area contributed by atoms with Gasteiger partial charge >= 0.3 is 0 Å². The fourth-order valence-corrected chi connectivity index (χ4v) is 2.37. The number of nitrogens with two attached hydrogens (primary N) is 1. The Hall–Kier alpha value is -1.43. The molecule has 0 aliphatic heterocycles. The van der Waals surface area contributed by atoms with Crippen LogP contribution in [-0.4, -0.2) is 12.1 Å². The quantitative estimate of drug-likeness (QED) is 0.643. The number of nitrogens with one attached hydrogen (secondary N) is 1. The third-order valence-corrected chi connectivity index (χ3v) is 3.28. The second-order valence-corrected chi connectivity index (χ2v) is 4.65. The summed E-state index contributed by atoms with van der Waals surface area (Å²) in [5, 5.41) is 2.98. The molecule has 0 saturated carbocycles. The maximum Gasteiger partial charge on any atom is 0.128 e. The predicted molar refractivity (Wildman–Crippen MR) is 69.9 cm³/mol. The maximum absolute atomic E-state index is 5.35. The van der Waals surface area contributed by atoms with Gasteiger partial charge in [0.25, 0.3) is 0 Å². The van der Waals surface area contributed by atoms with Crippen LogP contribution in [0.15, 0.2) is 23.6 Å². The van der Waals surface area contributed by atoms with E-state index in [4.69, 9.17) is 10.6 Å². The molecule has 0 unspecified atom stereocenters. The van der Waals surface area contributed by atoms with Crippen LogP contribution < -0.4 is 16.0 Å². The number of thiazole rings is 1. The summed E-state index contributed by atoms with van der Waals surface area (Å²) < 4.78 is 5.35. The smallest absolute Gasteiger partial charge is 0.128 e. The van der Waals surface area contributed by atoms with Gasteiger partial charge in [0.15, 0.2) is 0 Å².